The first-order valence-corrected chi connectivity index (χ1v) is 6.27. The van der Waals surface area contributed by atoms with Gasteiger partial charge < -0.3 is 9.84 Å². The molecule has 1 aromatic carbocycles. The summed E-state index contributed by atoms with van der Waals surface area (Å²) in [5.41, 5.74) is 1.41. The Morgan fingerprint density at radius 2 is 2.00 bits per heavy atom. The third kappa shape index (κ3) is 2.34. The Morgan fingerprint density at radius 3 is 2.56 bits per heavy atom. The molecule has 0 aromatic heterocycles. The quantitative estimate of drug-likeness (QED) is 0.883. The lowest BCUT2D eigenvalue weighted by molar-refractivity contribution is 0.0573. The van der Waals surface area contributed by atoms with Gasteiger partial charge in [-0.15, -0.1) is 0 Å². The van der Waals surface area contributed by atoms with Crippen molar-refractivity contribution in [3.8, 4) is 0 Å². The van der Waals surface area contributed by atoms with Gasteiger partial charge in [0.15, 0.2) is 0 Å². The van der Waals surface area contributed by atoms with Gasteiger partial charge in [0.2, 0.25) is 0 Å². The molecule has 0 aliphatic heterocycles. The molecular weight excluding hydrogens is 224 g/mol. The zero-order valence-electron chi connectivity index (χ0n) is 11.2. The van der Waals surface area contributed by atoms with E-state index in [1.54, 1.807) is 7.11 Å². The van der Waals surface area contributed by atoms with E-state index in [2.05, 4.69) is 0 Å². The topological polar surface area (TPSA) is 29.5 Å². The highest BCUT2D eigenvalue weighted by Crippen LogP contribution is 2.41. The van der Waals surface area contributed by atoms with Crippen LogP contribution in [0.4, 0.5) is 0 Å². The maximum atomic E-state index is 10.7. The van der Waals surface area contributed by atoms with Crippen molar-refractivity contribution in [2.75, 3.05) is 7.11 Å². The van der Waals surface area contributed by atoms with Gasteiger partial charge in [-0.3, -0.25) is 0 Å². The van der Waals surface area contributed by atoms with Crippen LogP contribution >= 0.6 is 0 Å². The Bertz CT molecular complexity index is 473. The highest BCUT2D eigenvalue weighted by atomic mass is 16.5. The normalized spacial score (nSPS) is 28.1. The van der Waals surface area contributed by atoms with Crippen LogP contribution in [-0.2, 0) is 4.74 Å². The molecule has 2 atom stereocenters. The fourth-order valence-electron chi connectivity index (χ4n) is 2.41. The van der Waals surface area contributed by atoms with Crippen molar-refractivity contribution >= 4 is 6.08 Å². The maximum Gasteiger partial charge on any atom is 0.0980 e. The summed E-state index contributed by atoms with van der Waals surface area (Å²) in [5.74, 6) is 0.995. The van der Waals surface area contributed by atoms with Crippen molar-refractivity contribution in [2.45, 2.75) is 25.9 Å². The molecule has 1 N–H and O–H groups in total. The lowest BCUT2D eigenvalue weighted by atomic mass is 9.88. The molecule has 0 fully saturated rings. The van der Waals surface area contributed by atoms with Crippen LogP contribution in [0.2, 0.25) is 0 Å². The van der Waals surface area contributed by atoms with E-state index in [1.807, 2.05) is 56.3 Å². The lowest BCUT2D eigenvalue weighted by Gasteiger charge is -2.24. The van der Waals surface area contributed by atoms with Crippen molar-refractivity contribution in [3.63, 3.8) is 0 Å². The number of methoxy groups -OCH3 is 1. The van der Waals surface area contributed by atoms with E-state index in [0.29, 0.717) is 6.42 Å². The van der Waals surface area contributed by atoms with Gasteiger partial charge in [-0.25, -0.2) is 0 Å². The first kappa shape index (κ1) is 12.9. The molecule has 1 aromatic rings. The molecule has 0 heterocycles. The fourth-order valence-corrected chi connectivity index (χ4v) is 2.41. The molecule has 2 rings (SSSR count). The molecule has 2 heteroatoms. The van der Waals surface area contributed by atoms with Crippen LogP contribution < -0.4 is 0 Å². The zero-order valence-corrected chi connectivity index (χ0v) is 11.2. The Labute approximate surface area is 109 Å². The molecule has 18 heavy (non-hydrogen) atoms. The Hall–Kier alpha value is -1.54. The zero-order chi connectivity index (χ0) is 13.2. The SMILES string of the molecule is COC1=C(C)[C@H](C)[C@@](O)(/C=C/c2ccccc2)C1. The van der Waals surface area contributed by atoms with E-state index in [-0.39, 0.29) is 5.92 Å². The van der Waals surface area contributed by atoms with E-state index in [9.17, 15) is 5.11 Å². The predicted molar refractivity (Wildman–Crippen MR) is 73.9 cm³/mol. The van der Waals surface area contributed by atoms with Gasteiger partial charge >= 0.3 is 0 Å². The minimum Gasteiger partial charge on any atom is -0.501 e. The van der Waals surface area contributed by atoms with Crippen molar-refractivity contribution in [1.82, 2.24) is 0 Å². The molecule has 2 nitrogen and oxygen atoms in total. The fraction of sp³-hybridized carbons (Fsp3) is 0.375. The van der Waals surface area contributed by atoms with Crippen LogP contribution in [0.5, 0.6) is 0 Å². The van der Waals surface area contributed by atoms with E-state index in [0.717, 1.165) is 16.9 Å². The molecule has 0 amide bonds. The second-order valence-electron chi connectivity index (χ2n) is 4.94. The summed E-state index contributed by atoms with van der Waals surface area (Å²) in [7, 11) is 1.66. The summed E-state index contributed by atoms with van der Waals surface area (Å²) in [5, 5.41) is 10.7. The molecule has 1 aliphatic carbocycles. The van der Waals surface area contributed by atoms with E-state index in [4.69, 9.17) is 4.74 Å². The number of hydrogen-bond donors (Lipinski definition) is 1. The van der Waals surface area contributed by atoms with Gasteiger partial charge in [0, 0.05) is 12.3 Å². The number of aliphatic hydroxyl groups is 1. The maximum absolute atomic E-state index is 10.7. The lowest BCUT2D eigenvalue weighted by Crippen LogP contribution is -2.30. The van der Waals surface area contributed by atoms with Crippen molar-refractivity contribution in [2.24, 2.45) is 5.92 Å². The van der Waals surface area contributed by atoms with E-state index >= 15 is 0 Å². The van der Waals surface area contributed by atoms with Gasteiger partial charge in [0.25, 0.3) is 0 Å². The Kier molecular flexibility index (Phi) is 3.58. The number of ether oxygens (including phenoxy) is 1. The highest BCUT2D eigenvalue weighted by molar-refractivity contribution is 5.51. The average Bonchev–Trinajstić information content (AvgIpc) is 2.63. The smallest absolute Gasteiger partial charge is 0.0980 e. The van der Waals surface area contributed by atoms with E-state index < -0.39 is 5.60 Å². The summed E-state index contributed by atoms with van der Waals surface area (Å²) >= 11 is 0. The molecule has 0 radical (unpaired) electrons. The molecule has 96 valence electrons. The second-order valence-corrected chi connectivity index (χ2v) is 4.94. The first-order valence-electron chi connectivity index (χ1n) is 6.27. The molecule has 0 saturated carbocycles. The number of rotatable bonds is 3. The average molecular weight is 244 g/mol. The van der Waals surface area contributed by atoms with Crippen molar-refractivity contribution < 1.29 is 9.84 Å². The van der Waals surface area contributed by atoms with Crippen LogP contribution in [0, 0.1) is 5.92 Å². The minimum atomic E-state index is -0.828. The summed E-state index contributed by atoms with van der Waals surface area (Å²) in [6.07, 6.45) is 4.42. The van der Waals surface area contributed by atoms with Gasteiger partial charge in [0.05, 0.1) is 18.5 Å². The first-order chi connectivity index (χ1) is 8.57. The monoisotopic (exact) mass is 244 g/mol. The third-order valence-corrected chi connectivity index (χ3v) is 3.89. The van der Waals surface area contributed by atoms with Crippen molar-refractivity contribution in [1.29, 1.82) is 0 Å². The van der Waals surface area contributed by atoms with Gasteiger partial charge in [0.1, 0.15) is 0 Å². The number of benzene rings is 1. The van der Waals surface area contributed by atoms with Crippen LogP contribution in [0.3, 0.4) is 0 Å². The molecular formula is C16H20O2. The second kappa shape index (κ2) is 4.99. The van der Waals surface area contributed by atoms with Crippen LogP contribution in [0.15, 0.2) is 47.7 Å². The summed E-state index contributed by atoms with van der Waals surface area (Å²) in [6, 6.07) is 10.0. The Morgan fingerprint density at radius 1 is 1.33 bits per heavy atom. The third-order valence-electron chi connectivity index (χ3n) is 3.89. The Balaban J connectivity index is 2.18. The summed E-state index contributed by atoms with van der Waals surface area (Å²) < 4.78 is 5.33. The van der Waals surface area contributed by atoms with Crippen LogP contribution in [0.25, 0.3) is 6.08 Å². The minimum absolute atomic E-state index is 0.0902. The summed E-state index contributed by atoms with van der Waals surface area (Å²) in [6.45, 7) is 4.06. The highest BCUT2D eigenvalue weighted by Gasteiger charge is 2.40. The van der Waals surface area contributed by atoms with E-state index in [1.165, 1.54) is 0 Å². The largest absolute Gasteiger partial charge is 0.501 e. The number of hydrogen-bond acceptors (Lipinski definition) is 2. The molecule has 0 unspecified atom stereocenters. The van der Waals surface area contributed by atoms with Gasteiger partial charge in [-0.05, 0) is 18.1 Å². The van der Waals surface area contributed by atoms with Crippen LogP contribution in [-0.4, -0.2) is 17.8 Å². The molecule has 0 bridgehead atoms. The van der Waals surface area contributed by atoms with Crippen LogP contribution in [0.1, 0.15) is 25.8 Å². The van der Waals surface area contributed by atoms with Gasteiger partial charge in [-0.2, -0.15) is 0 Å². The predicted octanol–water partition coefficient (Wildman–Crippen LogP) is 3.39. The molecule has 1 aliphatic rings. The standard InChI is InChI=1S/C16H20O2/c1-12-13(2)16(17,11-15(12)18-3)10-9-14-7-5-4-6-8-14/h4-10,13,17H,11H2,1-3H3/b10-9+/t13-,16+/m0/s1. The van der Waals surface area contributed by atoms with Crippen molar-refractivity contribution in [3.05, 3.63) is 53.3 Å². The summed E-state index contributed by atoms with van der Waals surface area (Å²) in [4.78, 5) is 0. The molecule has 0 spiro atoms. The molecule has 0 saturated heterocycles. The van der Waals surface area contributed by atoms with Gasteiger partial charge in [-0.1, -0.05) is 49.4 Å².